The number of nitrogens with zero attached hydrogens (tertiary/aromatic N) is 2. The summed E-state index contributed by atoms with van der Waals surface area (Å²) in [5.41, 5.74) is 2.18. The molecule has 5 nitrogen and oxygen atoms in total. The summed E-state index contributed by atoms with van der Waals surface area (Å²) >= 11 is 0. The van der Waals surface area contributed by atoms with Crippen molar-refractivity contribution in [2.24, 2.45) is 0 Å². The van der Waals surface area contributed by atoms with Crippen LogP contribution in [0.3, 0.4) is 0 Å². The Balaban J connectivity index is 2.72. The number of rotatable bonds is 2. The maximum atomic E-state index is 11.2. The molecule has 0 saturated heterocycles. The summed E-state index contributed by atoms with van der Waals surface area (Å²) in [6.45, 7) is 3.58. The van der Waals surface area contributed by atoms with Crippen molar-refractivity contribution in [2.45, 2.75) is 13.8 Å². The lowest BCUT2D eigenvalue weighted by Crippen LogP contribution is -2.17. The van der Waals surface area contributed by atoms with Crippen LogP contribution in [0.4, 0.5) is 0 Å². The molecule has 88 valence electrons. The monoisotopic (exact) mass is 231 g/mol. The number of carboxylic acids is 1. The van der Waals surface area contributed by atoms with Crippen molar-refractivity contribution in [3.05, 3.63) is 41.3 Å². The van der Waals surface area contributed by atoms with E-state index in [0.29, 0.717) is 11.5 Å². The summed E-state index contributed by atoms with van der Waals surface area (Å²) in [6.07, 6.45) is 0. The Hall–Kier alpha value is -2.30. The summed E-state index contributed by atoms with van der Waals surface area (Å²) in [5, 5.41) is 9.17. The highest BCUT2D eigenvalue weighted by Gasteiger charge is 2.21. The molecule has 3 N–H and O–H groups in total. The number of aromatic nitrogens is 2. The van der Waals surface area contributed by atoms with Crippen LogP contribution in [-0.2, 0) is 0 Å². The predicted molar refractivity (Wildman–Crippen MR) is 64.2 cm³/mol. The fraction of sp³-hybridized carbons (Fsp3) is 0.167. The van der Waals surface area contributed by atoms with E-state index >= 15 is 0 Å². The molecule has 0 unspecified atom stereocenters. The number of nitrogen functional groups attached to an aromatic ring is 1. The molecule has 0 radical (unpaired) electrons. The Morgan fingerprint density at radius 2 is 2.00 bits per heavy atom. The van der Waals surface area contributed by atoms with E-state index in [9.17, 15) is 9.90 Å². The molecule has 0 saturated carbocycles. The number of hydrogen-bond acceptors (Lipinski definition) is 3. The van der Waals surface area contributed by atoms with Gasteiger partial charge in [-0.3, -0.25) is 0 Å². The van der Waals surface area contributed by atoms with E-state index in [1.54, 1.807) is 6.92 Å². The van der Waals surface area contributed by atoms with Crippen LogP contribution in [-0.4, -0.2) is 20.7 Å². The molecule has 1 aromatic heterocycles. The van der Waals surface area contributed by atoms with Crippen LogP contribution in [0, 0.1) is 13.8 Å². The smallest absolute Gasteiger partial charge is 0.356 e. The van der Waals surface area contributed by atoms with Gasteiger partial charge in [-0.2, -0.15) is 0 Å². The summed E-state index contributed by atoms with van der Waals surface area (Å²) in [6, 6.07) is 7.49. The van der Waals surface area contributed by atoms with Gasteiger partial charge in [-0.25, -0.2) is 14.5 Å². The second-order valence-corrected chi connectivity index (χ2v) is 3.85. The molecule has 0 amide bonds. The van der Waals surface area contributed by atoms with Crippen molar-refractivity contribution in [3.8, 4) is 11.3 Å². The van der Waals surface area contributed by atoms with E-state index < -0.39 is 5.97 Å². The maximum absolute atomic E-state index is 11.2. The van der Waals surface area contributed by atoms with Crippen molar-refractivity contribution < 1.29 is 9.90 Å². The van der Waals surface area contributed by atoms with Crippen LogP contribution < -0.4 is 5.84 Å². The summed E-state index contributed by atoms with van der Waals surface area (Å²) in [5.74, 6) is 5.06. The van der Waals surface area contributed by atoms with Crippen molar-refractivity contribution in [1.82, 2.24) is 9.66 Å². The van der Waals surface area contributed by atoms with Crippen molar-refractivity contribution >= 4 is 5.97 Å². The van der Waals surface area contributed by atoms with Crippen molar-refractivity contribution in [1.29, 1.82) is 0 Å². The van der Waals surface area contributed by atoms with Gasteiger partial charge >= 0.3 is 5.97 Å². The van der Waals surface area contributed by atoms with Gasteiger partial charge in [0, 0.05) is 5.56 Å². The van der Waals surface area contributed by atoms with Crippen LogP contribution in [0.5, 0.6) is 0 Å². The van der Waals surface area contributed by atoms with Gasteiger partial charge in [-0.15, -0.1) is 0 Å². The summed E-state index contributed by atoms with van der Waals surface area (Å²) < 4.78 is 1.10. The fourth-order valence-electron chi connectivity index (χ4n) is 1.78. The average Bonchev–Trinajstić information content (AvgIpc) is 2.56. The van der Waals surface area contributed by atoms with E-state index in [0.717, 1.165) is 15.8 Å². The highest BCUT2D eigenvalue weighted by Crippen LogP contribution is 2.25. The molecule has 0 bridgehead atoms. The van der Waals surface area contributed by atoms with E-state index in [2.05, 4.69) is 4.98 Å². The second kappa shape index (κ2) is 3.93. The SMILES string of the molecule is Cc1ccccc1-c1nc(C)n(N)c1C(=O)O. The van der Waals surface area contributed by atoms with Crippen LogP contribution in [0.2, 0.25) is 0 Å². The minimum Gasteiger partial charge on any atom is -0.476 e. The molecular weight excluding hydrogens is 218 g/mol. The van der Waals surface area contributed by atoms with Gasteiger partial charge in [0.25, 0.3) is 0 Å². The van der Waals surface area contributed by atoms with Crippen LogP contribution in [0.25, 0.3) is 11.3 Å². The highest BCUT2D eigenvalue weighted by molar-refractivity contribution is 5.93. The third kappa shape index (κ3) is 1.75. The molecular formula is C12H13N3O2. The van der Waals surface area contributed by atoms with Gasteiger partial charge in [-0.05, 0) is 19.4 Å². The van der Waals surface area contributed by atoms with E-state index in [1.165, 1.54) is 0 Å². The minimum absolute atomic E-state index is 0.0109. The van der Waals surface area contributed by atoms with Gasteiger partial charge < -0.3 is 10.9 Å². The van der Waals surface area contributed by atoms with Gasteiger partial charge in [0.15, 0.2) is 5.69 Å². The van der Waals surface area contributed by atoms with Crippen LogP contribution >= 0.6 is 0 Å². The van der Waals surface area contributed by atoms with Gasteiger partial charge in [-0.1, -0.05) is 24.3 Å². The molecule has 0 aliphatic heterocycles. The molecule has 5 heteroatoms. The predicted octanol–water partition coefficient (Wildman–Crippen LogP) is 1.58. The molecule has 2 rings (SSSR count). The van der Waals surface area contributed by atoms with E-state index in [1.807, 2.05) is 31.2 Å². The third-order valence-electron chi connectivity index (χ3n) is 2.69. The second-order valence-electron chi connectivity index (χ2n) is 3.85. The molecule has 0 fully saturated rings. The number of benzene rings is 1. The maximum Gasteiger partial charge on any atom is 0.356 e. The normalized spacial score (nSPS) is 10.5. The van der Waals surface area contributed by atoms with Gasteiger partial charge in [0.05, 0.1) is 0 Å². The Bertz CT molecular complexity index is 587. The molecule has 1 heterocycles. The number of aryl methyl sites for hydroxylation is 2. The first kappa shape index (κ1) is 11.2. The lowest BCUT2D eigenvalue weighted by atomic mass is 10.0. The minimum atomic E-state index is -1.08. The third-order valence-corrected chi connectivity index (χ3v) is 2.69. The zero-order chi connectivity index (χ0) is 12.6. The topological polar surface area (TPSA) is 81.1 Å². The lowest BCUT2D eigenvalue weighted by Gasteiger charge is -2.04. The Labute approximate surface area is 98.5 Å². The molecule has 1 aromatic carbocycles. The number of carboxylic acid groups (broad SMARTS) is 1. The van der Waals surface area contributed by atoms with E-state index in [-0.39, 0.29) is 5.69 Å². The first-order valence-electron chi connectivity index (χ1n) is 5.16. The molecule has 0 atom stereocenters. The molecule has 17 heavy (non-hydrogen) atoms. The zero-order valence-electron chi connectivity index (χ0n) is 9.64. The van der Waals surface area contributed by atoms with Gasteiger partial charge in [0.1, 0.15) is 11.5 Å². The molecule has 0 aliphatic rings. The zero-order valence-corrected chi connectivity index (χ0v) is 9.64. The quantitative estimate of drug-likeness (QED) is 0.769. The Morgan fingerprint density at radius 1 is 1.35 bits per heavy atom. The lowest BCUT2D eigenvalue weighted by molar-refractivity contribution is 0.0688. The number of imidazole rings is 1. The fourth-order valence-corrected chi connectivity index (χ4v) is 1.78. The standard InChI is InChI=1S/C12H13N3O2/c1-7-5-3-4-6-9(7)10-11(12(16)17)15(13)8(2)14-10/h3-6H,13H2,1-2H3,(H,16,17). The first-order valence-corrected chi connectivity index (χ1v) is 5.16. The average molecular weight is 231 g/mol. The first-order chi connectivity index (χ1) is 8.02. The number of carbonyl (C=O) groups is 1. The largest absolute Gasteiger partial charge is 0.476 e. The van der Waals surface area contributed by atoms with Crippen LogP contribution in [0.1, 0.15) is 21.9 Å². The van der Waals surface area contributed by atoms with Crippen LogP contribution in [0.15, 0.2) is 24.3 Å². The molecule has 2 aromatic rings. The molecule has 0 spiro atoms. The highest BCUT2D eigenvalue weighted by atomic mass is 16.4. The van der Waals surface area contributed by atoms with Crippen molar-refractivity contribution in [3.63, 3.8) is 0 Å². The summed E-state index contributed by atoms with van der Waals surface area (Å²) in [7, 11) is 0. The Morgan fingerprint density at radius 3 is 2.59 bits per heavy atom. The molecule has 0 aliphatic carbocycles. The Kier molecular flexibility index (Phi) is 2.59. The van der Waals surface area contributed by atoms with Crippen molar-refractivity contribution in [2.75, 3.05) is 5.84 Å². The number of nitrogens with two attached hydrogens (primary N) is 1. The summed E-state index contributed by atoms with van der Waals surface area (Å²) in [4.78, 5) is 15.4. The number of hydrogen-bond donors (Lipinski definition) is 2. The van der Waals surface area contributed by atoms with Gasteiger partial charge in [0.2, 0.25) is 0 Å². The number of aromatic carboxylic acids is 1. The van der Waals surface area contributed by atoms with E-state index in [4.69, 9.17) is 5.84 Å².